The van der Waals surface area contributed by atoms with Gasteiger partial charge in [-0.15, -0.1) is 0 Å². The number of aryl methyl sites for hydroxylation is 6. The standard InChI is InChI=1S/C24H30B/c1-16-11-18(3)23(19(4)12-16)25(15-22-9-7-8-10-22)24-20(5)13-17(2)14-21(24)6/h11-14H,7-10H2,1-6H3/q-1. The molecule has 1 heteroatoms. The maximum Gasteiger partial charge on any atom is -0.0283 e. The molecule has 1 saturated carbocycles. The summed E-state index contributed by atoms with van der Waals surface area (Å²) >= 11 is 0. The first-order valence-corrected chi connectivity index (χ1v) is 9.63. The van der Waals surface area contributed by atoms with E-state index in [1.54, 1.807) is 0 Å². The summed E-state index contributed by atoms with van der Waals surface area (Å²) in [6.45, 7) is 13.5. The van der Waals surface area contributed by atoms with Crippen LogP contribution in [0, 0.1) is 41.5 Å². The van der Waals surface area contributed by atoms with Crippen LogP contribution in [0.15, 0.2) is 29.8 Å². The first-order chi connectivity index (χ1) is 11.9. The summed E-state index contributed by atoms with van der Waals surface area (Å²) in [6.07, 6.45) is 5.36. The fourth-order valence-electron chi connectivity index (χ4n) is 4.73. The molecule has 0 radical (unpaired) electrons. The predicted molar refractivity (Wildman–Crippen MR) is 113 cm³/mol. The van der Waals surface area contributed by atoms with Gasteiger partial charge in [0.15, 0.2) is 0 Å². The minimum Gasteiger partial charge on any atom is -0.372 e. The van der Waals surface area contributed by atoms with Crippen molar-refractivity contribution in [1.29, 1.82) is 0 Å². The Bertz CT molecular complexity index is 779. The van der Waals surface area contributed by atoms with E-state index in [0.717, 1.165) is 0 Å². The maximum absolute atomic E-state index is 3.97. The lowest BCUT2D eigenvalue weighted by atomic mass is 9.47. The van der Waals surface area contributed by atoms with Gasteiger partial charge in [0.2, 0.25) is 0 Å². The molecule has 1 aliphatic rings. The van der Waals surface area contributed by atoms with Crippen LogP contribution in [0.25, 0.3) is 0 Å². The first-order valence-electron chi connectivity index (χ1n) is 9.63. The smallest absolute Gasteiger partial charge is 0.0283 e. The van der Waals surface area contributed by atoms with Crippen molar-refractivity contribution in [3.8, 4) is 0 Å². The number of benzene rings is 2. The zero-order chi connectivity index (χ0) is 18.1. The molecule has 25 heavy (non-hydrogen) atoms. The normalized spacial score (nSPS) is 13.9. The molecule has 0 unspecified atom stereocenters. The van der Waals surface area contributed by atoms with Crippen LogP contribution in [0.5, 0.6) is 0 Å². The lowest BCUT2D eigenvalue weighted by Gasteiger charge is -2.28. The average Bonchev–Trinajstić information content (AvgIpc) is 2.97. The van der Waals surface area contributed by atoms with E-state index in [2.05, 4.69) is 71.4 Å². The SMILES string of the molecule is Cc1cc(C)c([B-](=C=C2CCCC2)c2c(C)cc(C)cc2C)c(C)c1. The number of hydrogen-bond donors (Lipinski definition) is 0. The Labute approximate surface area is 153 Å². The van der Waals surface area contributed by atoms with Crippen LogP contribution < -0.4 is 10.9 Å². The van der Waals surface area contributed by atoms with Crippen molar-refractivity contribution >= 4 is 22.9 Å². The van der Waals surface area contributed by atoms with Crippen molar-refractivity contribution in [2.75, 3.05) is 0 Å². The molecule has 0 atom stereocenters. The summed E-state index contributed by atoms with van der Waals surface area (Å²) in [5.74, 6) is 0. The van der Waals surface area contributed by atoms with Crippen LogP contribution in [0.3, 0.4) is 0 Å². The van der Waals surface area contributed by atoms with E-state index in [1.165, 1.54) is 75.6 Å². The van der Waals surface area contributed by atoms with Crippen LogP contribution in [0.2, 0.25) is 0 Å². The van der Waals surface area contributed by atoms with Crippen molar-refractivity contribution in [3.63, 3.8) is 0 Å². The van der Waals surface area contributed by atoms with E-state index in [4.69, 9.17) is 0 Å². The van der Waals surface area contributed by atoms with Gasteiger partial charge in [0, 0.05) is 0 Å². The summed E-state index contributed by atoms with van der Waals surface area (Å²) in [4.78, 5) is 0. The number of allylic oxidation sites excluding steroid dienone is 1. The van der Waals surface area contributed by atoms with Crippen molar-refractivity contribution in [2.24, 2.45) is 0 Å². The van der Waals surface area contributed by atoms with E-state index < -0.39 is 0 Å². The summed E-state index contributed by atoms with van der Waals surface area (Å²) in [5.41, 5.74) is 16.7. The zero-order valence-corrected chi connectivity index (χ0v) is 16.7. The molecular weight excluding hydrogens is 299 g/mol. The monoisotopic (exact) mass is 329 g/mol. The molecule has 0 N–H and O–H groups in total. The molecule has 0 saturated heterocycles. The summed E-state index contributed by atoms with van der Waals surface area (Å²) in [7, 11) is 0. The quantitative estimate of drug-likeness (QED) is 0.705. The molecule has 0 aliphatic heterocycles. The Morgan fingerprint density at radius 2 is 1.00 bits per heavy atom. The van der Waals surface area contributed by atoms with Gasteiger partial charge >= 0.3 is 0 Å². The van der Waals surface area contributed by atoms with Gasteiger partial charge in [-0.2, -0.15) is 0 Å². The van der Waals surface area contributed by atoms with Gasteiger partial charge in [-0.3, -0.25) is 0 Å². The van der Waals surface area contributed by atoms with Crippen LogP contribution >= 0.6 is 0 Å². The molecule has 0 heterocycles. The lowest BCUT2D eigenvalue weighted by Crippen LogP contribution is -2.41. The maximum atomic E-state index is 3.97. The first kappa shape index (κ1) is 18.0. The zero-order valence-electron chi connectivity index (χ0n) is 16.7. The van der Waals surface area contributed by atoms with E-state index in [9.17, 15) is 0 Å². The van der Waals surface area contributed by atoms with Crippen molar-refractivity contribution in [3.05, 3.63) is 63.2 Å². The van der Waals surface area contributed by atoms with Gasteiger partial charge < -0.3 is 5.62 Å². The topological polar surface area (TPSA) is 0 Å². The van der Waals surface area contributed by atoms with Gasteiger partial charge in [0.05, 0.1) is 0 Å². The fraction of sp³-hybridized carbons (Fsp3) is 0.417. The van der Waals surface area contributed by atoms with Gasteiger partial charge in [-0.05, 0) is 73.6 Å². The Morgan fingerprint density at radius 1 is 0.640 bits per heavy atom. The highest BCUT2D eigenvalue weighted by Crippen LogP contribution is 2.21. The molecule has 3 rings (SSSR count). The average molecular weight is 329 g/mol. The highest BCUT2D eigenvalue weighted by atomic mass is 14.1. The van der Waals surface area contributed by atoms with Gasteiger partial charge in [0.1, 0.15) is 0 Å². The fourth-order valence-corrected chi connectivity index (χ4v) is 4.73. The third-order valence-corrected chi connectivity index (χ3v) is 5.61. The minimum atomic E-state index is 0.259. The highest BCUT2D eigenvalue weighted by Gasteiger charge is 2.09. The summed E-state index contributed by atoms with van der Waals surface area (Å²) in [5, 5.41) is 0. The predicted octanol–water partition coefficient (Wildman–Crippen LogP) is 4.63. The second-order valence-corrected chi connectivity index (χ2v) is 8.01. The molecule has 0 nitrogen and oxygen atoms in total. The Balaban J connectivity index is 2.36. The van der Waals surface area contributed by atoms with Crippen LogP contribution in [-0.4, -0.2) is 12.0 Å². The van der Waals surface area contributed by atoms with Crippen LogP contribution in [0.1, 0.15) is 59.1 Å². The van der Waals surface area contributed by atoms with E-state index in [1.807, 2.05) is 0 Å². The van der Waals surface area contributed by atoms with Crippen LogP contribution in [0.4, 0.5) is 0 Å². The van der Waals surface area contributed by atoms with Gasteiger partial charge in [-0.1, -0.05) is 63.2 Å². The molecule has 0 amide bonds. The van der Waals surface area contributed by atoms with Gasteiger partial charge in [-0.25, -0.2) is 10.9 Å². The molecule has 1 aliphatic carbocycles. The summed E-state index contributed by atoms with van der Waals surface area (Å²) < 4.78 is 0. The number of rotatable bonds is 2. The van der Waals surface area contributed by atoms with Crippen molar-refractivity contribution in [2.45, 2.75) is 67.2 Å². The van der Waals surface area contributed by atoms with Crippen molar-refractivity contribution in [1.82, 2.24) is 0 Å². The largest absolute Gasteiger partial charge is 0.372 e. The summed E-state index contributed by atoms with van der Waals surface area (Å²) in [6, 6.07) is 9.31. The van der Waals surface area contributed by atoms with Gasteiger partial charge in [0.25, 0.3) is 0 Å². The third-order valence-electron chi connectivity index (χ3n) is 5.61. The Hall–Kier alpha value is -1.85. The lowest BCUT2D eigenvalue weighted by molar-refractivity contribution is 0.886. The molecular formula is C24H30B-. The molecule has 0 aromatic heterocycles. The molecule has 130 valence electrons. The highest BCUT2D eigenvalue weighted by molar-refractivity contribution is 6.89. The minimum absolute atomic E-state index is 0.259. The van der Waals surface area contributed by atoms with Crippen molar-refractivity contribution < 1.29 is 0 Å². The molecule has 2 aromatic rings. The molecule has 0 spiro atoms. The van der Waals surface area contributed by atoms with E-state index in [-0.39, 0.29) is 6.35 Å². The van der Waals surface area contributed by atoms with E-state index in [0.29, 0.717) is 0 Å². The second-order valence-electron chi connectivity index (χ2n) is 8.01. The molecule has 2 aromatic carbocycles. The number of hydrogen-bond acceptors (Lipinski definition) is 0. The Kier molecular flexibility index (Phi) is 5.16. The third kappa shape index (κ3) is 3.72. The Morgan fingerprint density at radius 3 is 1.36 bits per heavy atom. The second kappa shape index (κ2) is 7.18. The van der Waals surface area contributed by atoms with Crippen LogP contribution in [-0.2, 0) is 0 Å². The van der Waals surface area contributed by atoms with E-state index >= 15 is 0 Å². The molecule has 0 bridgehead atoms. The molecule has 1 fully saturated rings.